The lowest BCUT2D eigenvalue weighted by Crippen LogP contribution is -2.36. The lowest BCUT2D eigenvalue weighted by Gasteiger charge is -2.30. The zero-order valence-electron chi connectivity index (χ0n) is 13.3. The van der Waals surface area contributed by atoms with Gasteiger partial charge in [0.15, 0.2) is 0 Å². The summed E-state index contributed by atoms with van der Waals surface area (Å²) in [5.74, 6) is 0.228. The molecule has 134 valence electrons. The number of para-hydroxylation sites is 1. The minimum atomic E-state index is -4.46. The van der Waals surface area contributed by atoms with E-state index in [1.807, 2.05) is 24.3 Å². The Hall–Kier alpha value is -1.99. The average molecular weight is 372 g/mol. The van der Waals surface area contributed by atoms with E-state index in [-0.39, 0.29) is 10.8 Å². The number of hydrogen-bond donors (Lipinski definition) is 1. The molecular formula is C17H17ClF3N3O. The summed E-state index contributed by atoms with van der Waals surface area (Å²) >= 11 is 5.94. The van der Waals surface area contributed by atoms with Crippen molar-refractivity contribution in [3.8, 4) is 0 Å². The van der Waals surface area contributed by atoms with E-state index in [4.69, 9.17) is 16.3 Å². The number of aromatic nitrogens is 1. The molecule has 1 saturated heterocycles. The van der Waals surface area contributed by atoms with E-state index < -0.39 is 11.7 Å². The van der Waals surface area contributed by atoms with Crippen molar-refractivity contribution in [2.24, 2.45) is 0 Å². The fraction of sp³-hybridized carbons (Fsp3) is 0.353. The molecule has 3 rings (SSSR count). The van der Waals surface area contributed by atoms with Crippen molar-refractivity contribution in [1.29, 1.82) is 0 Å². The number of hydrogen-bond acceptors (Lipinski definition) is 4. The van der Waals surface area contributed by atoms with Gasteiger partial charge in [-0.3, -0.25) is 0 Å². The number of pyridine rings is 1. The summed E-state index contributed by atoms with van der Waals surface area (Å²) in [4.78, 5) is 6.03. The van der Waals surface area contributed by atoms with Crippen molar-refractivity contribution in [3.63, 3.8) is 0 Å². The summed E-state index contributed by atoms with van der Waals surface area (Å²) in [5, 5.41) is 2.96. The zero-order valence-corrected chi connectivity index (χ0v) is 14.1. The molecule has 1 N–H and O–H groups in total. The standard InChI is InChI=1S/C17H17ClF3N3O/c18-14-9-13(17(19,20)21)11-23-16(14)22-10-12-3-1-2-4-15(12)24-5-7-25-8-6-24/h1-4,9,11H,5-8,10H2,(H,22,23). The summed E-state index contributed by atoms with van der Waals surface area (Å²) in [7, 11) is 0. The quantitative estimate of drug-likeness (QED) is 0.874. The first-order valence-electron chi connectivity index (χ1n) is 7.82. The summed E-state index contributed by atoms with van der Waals surface area (Å²) in [6.45, 7) is 3.36. The van der Waals surface area contributed by atoms with E-state index in [1.54, 1.807) is 0 Å². The molecular weight excluding hydrogens is 355 g/mol. The average Bonchev–Trinajstić information content (AvgIpc) is 2.61. The van der Waals surface area contributed by atoms with Crippen LogP contribution in [0.25, 0.3) is 0 Å². The number of halogens is 4. The lowest BCUT2D eigenvalue weighted by atomic mass is 10.1. The minimum absolute atomic E-state index is 0.0568. The number of morpholine rings is 1. The van der Waals surface area contributed by atoms with Crippen LogP contribution in [0.4, 0.5) is 24.7 Å². The van der Waals surface area contributed by atoms with Gasteiger partial charge in [-0.2, -0.15) is 13.2 Å². The van der Waals surface area contributed by atoms with Crippen molar-refractivity contribution < 1.29 is 17.9 Å². The van der Waals surface area contributed by atoms with Gasteiger partial charge in [0.25, 0.3) is 0 Å². The number of benzene rings is 1. The summed E-state index contributed by atoms with van der Waals surface area (Å²) < 4.78 is 43.4. The molecule has 8 heteroatoms. The number of alkyl halides is 3. The van der Waals surface area contributed by atoms with Crippen molar-refractivity contribution in [1.82, 2.24) is 4.98 Å². The van der Waals surface area contributed by atoms with E-state index in [0.717, 1.165) is 36.6 Å². The highest BCUT2D eigenvalue weighted by molar-refractivity contribution is 6.32. The maximum Gasteiger partial charge on any atom is 0.417 e. The molecule has 2 heterocycles. The molecule has 0 unspecified atom stereocenters. The Bertz CT molecular complexity index is 733. The van der Waals surface area contributed by atoms with E-state index >= 15 is 0 Å². The predicted octanol–water partition coefficient (Wildman–Crippen LogP) is 4.20. The van der Waals surface area contributed by atoms with Gasteiger partial charge in [-0.15, -0.1) is 0 Å². The molecule has 0 saturated carbocycles. The Morgan fingerprint density at radius 1 is 1.20 bits per heavy atom. The van der Waals surface area contributed by atoms with Gasteiger partial charge in [-0.1, -0.05) is 29.8 Å². The largest absolute Gasteiger partial charge is 0.417 e. The Balaban J connectivity index is 1.74. The smallest absolute Gasteiger partial charge is 0.378 e. The van der Waals surface area contributed by atoms with Crippen molar-refractivity contribution >= 4 is 23.1 Å². The van der Waals surface area contributed by atoms with Crippen LogP contribution in [-0.4, -0.2) is 31.3 Å². The second kappa shape index (κ2) is 7.49. The van der Waals surface area contributed by atoms with Gasteiger partial charge in [0.1, 0.15) is 5.82 Å². The molecule has 0 bridgehead atoms. The van der Waals surface area contributed by atoms with Crippen molar-refractivity contribution in [3.05, 3.63) is 52.7 Å². The first-order chi connectivity index (χ1) is 11.9. The highest BCUT2D eigenvalue weighted by Gasteiger charge is 2.31. The molecule has 25 heavy (non-hydrogen) atoms. The van der Waals surface area contributed by atoms with E-state index in [0.29, 0.717) is 19.8 Å². The number of nitrogens with zero attached hydrogens (tertiary/aromatic N) is 2. The SMILES string of the molecule is FC(F)(F)c1cnc(NCc2ccccc2N2CCOCC2)c(Cl)c1. The molecule has 2 aromatic rings. The van der Waals surface area contributed by atoms with Crippen LogP contribution in [0, 0.1) is 0 Å². The van der Waals surface area contributed by atoms with Gasteiger partial charge in [0, 0.05) is 31.5 Å². The third kappa shape index (κ3) is 4.35. The third-order valence-electron chi connectivity index (χ3n) is 3.96. The first kappa shape index (κ1) is 17.8. The fourth-order valence-corrected chi connectivity index (χ4v) is 2.91. The van der Waals surface area contributed by atoms with Gasteiger partial charge in [-0.05, 0) is 17.7 Å². The molecule has 1 aromatic heterocycles. The summed E-state index contributed by atoms with van der Waals surface area (Å²) in [6, 6.07) is 8.74. The Morgan fingerprint density at radius 3 is 2.60 bits per heavy atom. The molecule has 0 spiro atoms. The van der Waals surface area contributed by atoms with Gasteiger partial charge in [0.2, 0.25) is 0 Å². The maximum atomic E-state index is 12.7. The van der Waals surface area contributed by atoms with Crippen LogP contribution in [0.2, 0.25) is 5.02 Å². The molecule has 1 aromatic carbocycles. The molecule has 4 nitrogen and oxygen atoms in total. The van der Waals surface area contributed by atoms with Crippen LogP contribution in [0.5, 0.6) is 0 Å². The molecule has 1 aliphatic rings. The zero-order chi connectivity index (χ0) is 17.9. The summed E-state index contributed by atoms with van der Waals surface area (Å²) in [6.07, 6.45) is -3.68. The maximum absolute atomic E-state index is 12.7. The number of rotatable bonds is 4. The normalized spacial score (nSPS) is 15.3. The predicted molar refractivity (Wildman–Crippen MR) is 91.0 cm³/mol. The van der Waals surface area contributed by atoms with Crippen molar-refractivity contribution in [2.75, 3.05) is 36.5 Å². The second-order valence-corrected chi connectivity index (χ2v) is 6.04. The van der Waals surface area contributed by atoms with Crippen LogP contribution < -0.4 is 10.2 Å². The Kier molecular flexibility index (Phi) is 5.34. The monoisotopic (exact) mass is 371 g/mol. The molecule has 0 aliphatic carbocycles. The van der Waals surface area contributed by atoms with E-state index in [9.17, 15) is 13.2 Å². The topological polar surface area (TPSA) is 37.4 Å². The molecule has 0 atom stereocenters. The van der Waals surface area contributed by atoms with E-state index in [1.165, 1.54) is 0 Å². The van der Waals surface area contributed by atoms with Crippen LogP contribution in [0.15, 0.2) is 36.5 Å². The number of ether oxygens (including phenoxy) is 1. The van der Waals surface area contributed by atoms with Crippen LogP contribution >= 0.6 is 11.6 Å². The van der Waals surface area contributed by atoms with Crippen LogP contribution in [-0.2, 0) is 17.5 Å². The fourth-order valence-electron chi connectivity index (χ4n) is 2.68. The highest BCUT2D eigenvalue weighted by Crippen LogP contribution is 2.32. The lowest BCUT2D eigenvalue weighted by molar-refractivity contribution is -0.137. The van der Waals surface area contributed by atoms with Crippen molar-refractivity contribution in [2.45, 2.75) is 12.7 Å². The van der Waals surface area contributed by atoms with Gasteiger partial charge >= 0.3 is 6.18 Å². The highest BCUT2D eigenvalue weighted by atomic mass is 35.5. The van der Waals surface area contributed by atoms with Gasteiger partial charge in [0.05, 0.1) is 23.8 Å². The Labute approximate surface area is 148 Å². The van der Waals surface area contributed by atoms with Crippen LogP contribution in [0.1, 0.15) is 11.1 Å². The summed E-state index contributed by atoms with van der Waals surface area (Å²) in [5.41, 5.74) is 1.22. The Morgan fingerprint density at radius 2 is 1.92 bits per heavy atom. The second-order valence-electron chi connectivity index (χ2n) is 5.63. The number of anilines is 2. The van der Waals surface area contributed by atoms with Crippen LogP contribution in [0.3, 0.4) is 0 Å². The first-order valence-corrected chi connectivity index (χ1v) is 8.20. The van der Waals surface area contributed by atoms with E-state index in [2.05, 4.69) is 15.2 Å². The molecule has 0 radical (unpaired) electrons. The molecule has 1 aliphatic heterocycles. The molecule has 0 amide bonds. The third-order valence-corrected chi connectivity index (χ3v) is 4.25. The van der Waals surface area contributed by atoms with Gasteiger partial charge < -0.3 is 15.0 Å². The van der Waals surface area contributed by atoms with Gasteiger partial charge in [-0.25, -0.2) is 4.98 Å². The minimum Gasteiger partial charge on any atom is -0.378 e. The molecule has 1 fully saturated rings. The number of nitrogens with one attached hydrogen (secondary N) is 1.